The molecule has 94 valence electrons. The summed E-state index contributed by atoms with van der Waals surface area (Å²) < 4.78 is 9.76. The van der Waals surface area contributed by atoms with Crippen molar-refractivity contribution in [1.82, 2.24) is 0 Å². The van der Waals surface area contributed by atoms with Crippen LogP contribution in [0.3, 0.4) is 0 Å². The predicted molar refractivity (Wildman–Crippen MR) is 63.3 cm³/mol. The maximum absolute atomic E-state index is 11.3. The SMILES string of the molecule is CCOC(=O)CCC(=O)OCC1=CCCC=C1. The van der Waals surface area contributed by atoms with Gasteiger partial charge in [0.15, 0.2) is 0 Å². The van der Waals surface area contributed by atoms with E-state index in [0.29, 0.717) is 6.61 Å². The third kappa shape index (κ3) is 5.90. The van der Waals surface area contributed by atoms with Crippen molar-refractivity contribution in [2.45, 2.75) is 32.6 Å². The molecule has 0 aromatic heterocycles. The summed E-state index contributed by atoms with van der Waals surface area (Å²) in [6.45, 7) is 2.36. The molecule has 0 aromatic rings. The van der Waals surface area contributed by atoms with Crippen molar-refractivity contribution in [2.24, 2.45) is 0 Å². The molecule has 0 N–H and O–H groups in total. The van der Waals surface area contributed by atoms with E-state index in [1.165, 1.54) is 0 Å². The van der Waals surface area contributed by atoms with Crippen LogP contribution >= 0.6 is 0 Å². The Morgan fingerprint density at radius 3 is 2.47 bits per heavy atom. The highest BCUT2D eigenvalue weighted by molar-refractivity contribution is 5.77. The molecule has 0 radical (unpaired) electrons. The molecule has 1 rings (SSSR count). The summed E-state index contributed by atoms with van der Waals surface area (Å²) in [7, 11) is 0. The second kappa shape index (κ2) is 7.65. The van der Waals surface area contributed by atoms with E-state index in [-0.39, 0.29) is 31.4 Å². The van der Waals surface area contributed by atoms with Gasteiger partial charge < -0.3 is 9.47 Å². The van der Waals surface area contributed by atoms with Gasteiger partial charge in [0, 0.05) is 0 Å². The zero-order valence-electron chi connectivity index (χ0n) is 10.1. The normalized spacial score (nSPS) is 14.1. The Labute approximate surface area is 101 Å². The molecule has 0 saturated heterocycles. The Bertz CT molecular complexity index is 328. The van der Waals surface area contributed by atoms with Crippen LogP contribution in [0.2, 0.25) is 0 Å². The molecule has 0 fully saturated rings. The van der Waals surface area contributed by atoms with Gasteiger partial charge in [0.2, 0.25) is 0 Å². The molecule has 0 saturated carbocycles. The average molecular weight is 238 g/mol. The zero-order valence-corrected chi connectivity index (χ0v) is 10.1. The maximum Gasteiger partial charge on any atom is 0.306 e. The van der Waals surface area contributed by atoms with Crippen molar-refractivity contribution in [2.75, 3.05) is 13.2 Å². The van der Waals surface area contributed by atoms with Crippen LogP contribution in [0, 0.1) is 0 Å². The number of esters is 2. The van der Waals surface area contributed by atoms with Crippen molar-refractivity contribution in [3.8, 4) is 0 Å². The molecule has 0 unspecified atom stereocenters. The lowest BCUT2D eigenvalue weighted by Gasteiger charge is -2.08. The van der Waals surface area contributed by atoms with E-state index in [1.54, 1.807) is 6.92 Å². The summed E-state index contributed by atoms with van der Waals surface area (Å²) in [5.74, 6) is -0.723. The van der Waals surface area contributed by atoms with Gasteiger partial charge in [0.05, 0.1) is 19.4 Å². The fraction of sp³-hybridized carbons (Fsp3) is 0.538. The molecular formula is C13H18O4. The summed E-state index contributed by atoms with van der Waals surface area (Å²) in [5.41, 5.74) is 1.01. The summed E-state index contributed by atoms with van der Waals surface area (Å²) in [6, 6.07) is 0. The maximum atomic E-state index is 11.3. The lowest BCUT2D eigenvalue weighted by Crippen LogP contribution is -2.11. The van der Waals surface area contributed by atoms with E-state index < -0.39 is 0 Å². The first-order chi connectivity index (χ1) is 8.22. The standard InChI is InChI=1S/C13H18O4/c1-2-16-12(14)8-9-13(15)17-10-11-6-4-3-5-7-11/h4,6-7H,2-3,5,8-10H2,1H3. The molecule has 1 aliphatic rings. The molecule has 4 heteroatoms. The van der Waals surface area contributed by atoms with Gasteiger partial charge >= 0.3 is 11.9 Å². The van der Waals surface area contributed by atoms with E-state index >= 15 is 0 Å². The van der Waals surface area contributed by atoms with Crippen molar-refractivity contribution < 1.29 is 19.1 Å². The van der Waals surface area contributed by atoms with Gasteiger partial charge in [-0.15, -0.1) is 0 Å². The van der Waals surface area contributed by atoms with Crippen LogP contribution < -0.4 is 0 Å². The van der Waals surface area contributed by atoms with Crippen molar-refractivity contribution >= 4 is 11.9 Å². The number of hydrogen-bond donors (Lipinski definition) is 0. The summed E-state index contributed by atoms with van der Waals surface area (Å²) in [4.78, 5) is 22.3. The highest BCUT2D eigenvalue weighted by atomic mass is 16.5. The molecule has 0 bridgehead atoms. The molecule has 17 heavy (non-hydrogen) atoms. The molecule has 0 aliphatic heterocycles. The Morgan fingerprint density at radius 1 is 1.18 bits per heavy atom. The summed E-state index contributed by atoms with van der Waals surface area (Å²) in [5, 5.41) is 0. The monoisotopic (exact) mass is 238 g/mol. The molecule has 0 atom stereocenters. The number of hydrogen-bond acceptors (Lipinski definition) is 4. The quantitative estimate of drug-likeness (QED) is 0.665. The van der Waals surface area contributed by atoms with E-state index in [9.17, 15) is 9.59 Å². The van der Waals surface area contributed by atoms with E-state index in [4.69, 9.17) is 9.47 Å². The highest BCUT2D eigenvalue weighted by Gasteiger charge is 2.09. The Kier molecular flexibility index (Phi) is 6.07. The fourth-order valence-corrected chi connectivity index (χ4v) is 1.45. The topological polar surface area (TPSA) is 52.6 Å². The van der Waals surface area contributed by atoms with Gasteiger partial charge in [-0.1, -0.05) is 18.2 Å². The smallest absolute Gasteiger partial charge is 0.306 e. The number of ether oxygens (including phenoxy) is 2. The van der Waals surface area contributed by atoms with Crippen molar-refractivity contribution in [3.05, 3.63) is 23.8 Å². The lowest BCUT2D eigenvalue weighted by atomic mass is 10.1. The Hall–Kier alpha value is -1.58. The van der Waals surface area contributed by atoms with Gasteiger partial charge in [-0.3, -0.25) is 9.59 Å². The van der Waals surface area contributed by atoms with Gasteiger partial charge in [-0.2, -0.15) is 0 Å². The fourth-order valence-electron chi connectivity index (χ4n) is 1.45. The summed E-state index contributed by atoms with van der Waals surface area (Å²) >= 11 is 0. The molecule has 4 nitrogen and oxygen atoms in total. The second-order valence-electron chi connectivity index (χ2n) is 3.72. The first-order valence-corrected chi connectivity index (χ1v) is 5.89. The van der Waals surface area contributed by atoms with Crippen LogP contribution in [-0.2, 0) is 19.1 Å². The molecule has 0 spiro atoms. The number of allylic oxidation sites excluding steroid dienone is 2. The van der Waals surface area contributed by atoms with E-state index in [0.717, 1.165) is 18.4 Å². The van der Waals surface area contributed by atoms with Gasteiger partial charge in [-0.25, -0.2) is 0 Å². The van der Waals surface area contributed by atoms with Crippen LogP contribution in [0.25, 0.3) is 0 Å². The molecular weight excluding hydrogens is 220 g/mol. The first kappa shape index (κ1) is 13.5. The molecule has 1 aliphatic carbocycles. The van der Waals surface area contributed by atoms with Crippen LogP contribution in [-0.4, -0.2) is 25.2 Å². The largest absolute Gasteiger partial charge is 0.466 e. The third-order valence-electron chi connectivity index (χ3n) is 2.31. The Morgan fingerprint density at radius 2 is 1.88 bits per heavy atom. The zero-order chi connectivity index (χ0) is 12.5. The third-order valence-corrected chi connectivity index (χ3v) is 2.31. The van der Waals surface area contributed by atoms with Crippen molar-refractivity contribution in [3.63, 3.8) is 0 Å². The minimum Gasteiger partial charge on any atom is -0.466 e. The lowest BCUT2D eigenvalue weighted by molar-refractivity contribution is -0.149. The van der Waals surface area contributed by atoms with Crippen molar-refractivity contribution in [1.29, 1.82) is 0 Å². The minimum atomic E-state index is -0.363. The first-order valence-electron chi connectivity index (χ1n) is 5.89. The van der Waals surface area contributed by atoms with E-state index in [1.807, 2.05) is 6.08 Å². The van der Waals surface area contributed by atoms with Gasteiger partial charge in [0.25, 0.3) is 0 Å². The molecule has 0 aromatic carbocycles. The second-order valence-corrected chi connectivity index (χ2v) is 3.72. The van der Waals surface area contributed by atoms with Gasteiger partial charge in [-0.05, 0) is 25.3 Å². The highest BCUT2D eigenvalue weighted by Crippen LogP contribution is 2.10. The number of rotatable bonds is 6. The van der Waals surface area contributed by atoms with Crippen LogP contribution in [0.4, 0.5) is 0 Å². The summed E-state index contributed by atoms with van der Waals surface area (Å²) in [6.07, 6.45) is 8.27. The Balaban J connectivity index is 2.15. The minimum absolute atomic E-state index is 0.0792. The predicted octanol–water partition coefficient (Wildman–Crippen LogP) is 2.15. The average Bonchev–Trinajstić information content (AvgIpc) is 2.35. The molecule has 0 heterocycles. The van der Waals surface area contributed by atoms with Crippen LogP contribution in [0.1, 0.15) is 32.6 Å². The number of carbonyl (C=O) groups excluding carboxylic acids is 2. The molecule has 0 amide bonds. The number of carbonyl (C=O) groups is 2. The van der Waals surface area contributed by atoms with E-state index in [2.05, 4.69) is 12.2 Å². The van der Waals surface area contributed by atoms with Gasteiger partial charge in [0.1, 0.15) is 6.61 Å². The van der Waals surface area contributed by atoms with Crippen LogP contribution in [0.5, 0.6) is 0 Å². The van der Waals surface area contributed by atoms with Crippen LogP contribution in [0.15, 0.2) is 23.8 Å².